The summed E-state index contributed by atoms with van der Waals surface area (Å²) in [6, 6.07) is 10.6. The number of piperidine rings is 1. The van der Waals surface area contributed by atoms with Crippen LogP contribution in [-0.4, -0.2) is 104 Å². The van der Waals surface area contributed by atoms with Gasteiger partial charge in [0.25, 0.3) is 10.2 Å². The minimum atomic E-state index is -3.49. The van der Waals surface area contributed by atoms with Crippen molar-refractivity contribution in [3.05, 3.63) is 35.9 Å². The molecule has 8 nitrogen and oxygen atoms in total. The summed E-state index contributed by atoms with van der Waals surface area (Å²) in [6.07, 6.45) is 2.98. The van der Waals surface area contributed by atoms with Gasteiger partial charge >= 0.3 is 0 Å². The van der Waals surface area contributed by atoms with E-state index in [1.165, 1.54) is 5.56 Å². The third-order valence-corrected chi connectivity index (χ3v) is 9.03. The SMILES string of the molecule is C[C@H]1CN(S(=O)(=O)N2CCN(CC(=O)N3CCC(Cc4ccccc4)CC3)CC2)C[C@H](C)O1. The molecule has 33 heavy (non-hydrogen) atoms. The van der Waals surface area contributed by atoms with Crippen molar-refractivity contribution in [3.8, 4) is 0 Å². The van der Waals surface area contributed by atoms with E-state index < -0.39 is 10.2 Å². The first-order valence-corrected chi connectivity index (χ1v) is 13.7. The van der Waals surface area contributed by atoms with Crippen molar-refractivity contribution in [3.63, 3.8) is 0 Å². The van der Waals surface area contributed by atoms with E-state index in [9.17, 15) is 13.2 Å². The molecule has 3 aliphatic rings. The van der Waals surface area contributed by atoms with Crippen LogP contribution in [0.3, 0.4) is 0 Å². The second kappa shape index (κ2) is 10.8. The number of amides is 1. The number of carbonyl (C=O) groups excluding carboxylic acids is 1. The van der Waals surface area contributed by atoms with Gasteiger partial charge in [-0.2, -0.15) is 17.0 Å². The van der Waals surface area contributed by atoms with Gasteiger partial charge < -0.3 is 9.64 Å². The number of ether oxygens (including phenoxy) is 1. The van der Waals surface area contributed by atoms with Crippen LogP contribution in [0.5, 0.6) is 0 Å². The van der Waals surface area contributed by atoms with Crippen molar-refractivity contribution in [1.82, 2.24) is 18.4 Å². The summed E-state index contributed by atoms with van der Waals surface area (Å²) in [4.78, 5) is 16.9. The Morgan fingerprint density at radius 1 is 0.909 bits per heavy atom. The molecule has 3 fully saturated rings. The predicted molar refractivity (Wildman–Crippen MR) is 128 cm³/mol. The summed E-state index contributed by atoms with van der Waals surface area (Å²) < 4.78 is 34.9. The fourth-order valence-electron chi connectivity index (χ4n) is 5.23. The molecule has 0 N–H and O–H groups in total. The Bertz CT molecular complexity index is 871. The monoisotopic (exact) mass is 478 g/mol. The second-order valence-corrected chi connectivity index (χ2v) is 11.7. The predicted octanol–water partition coefficient (Wildman–Crippen LogP) is 1.44. The lowest BCUT2D eigenvalue weighted by atomic mass is 9.90. The summed E-state index contributed by atoms with van der Waals surface area (Å²) in [5.74, 6) is 0.802. The molecule has 0 aliphatic carbocycles. The van der Waals surface area contributed by atoms with E-state index in [1.54, 1.807) is 8.61 Å². The number of hydrogen-bond donors (Lipinski definition) is 0. The van der Waals surface area contributed by atoms with Gasteiger partial charge in [0.05, 0.1) is 18.8 Å². The van der Waals surface area contributed by atoms with Gasteiger partial charge in [-0.1, -0.05) is 30.3 Å². The molecule has 0 bridgehead atoms. The standard InChI is InChI=1S/C24H38N4O4S/c1-20-17-28(18-21(2)32-20)33(30,31)27-14-12-25(13-15-27)19-24(29)26-10-8-23(9-11-26)16-22-6-4-3-5-7-22/h3-7,20-21,23H,8-19H2,1-2H3/t20-,21-/m0/s1. The van der Waals surface area contributed by atoms with Crippen molar-refractivity contribution >= 4 is 16.1 Å². The molecular formula is C24H38N4O4S. The van der Waals surface area contributed by atoms with E-state index in [0.29, 0.717) is 51.7 Å². The molecule has 4 rings (SSSR count). The molecule has 3 saturated heterocycles. The zero-order chi connectivity index (χ0) is 23.4. The van der Waals surface area contributed by atoms with Crippen LogP contribution in [0.25, 0.3) is 0 Å². The van der Waals surface area contributed by atoms with Crippen LogP contribution in [0.2, 0.25) is 0 Å². The Kier molecular flexibility index (Phi) is 8.07. The lowest BCUT2D eigenvalue weighted by Gasteiger charge is -2.40. The third kappa shape index (κ3) is 6.33. The number of rotatable bonds is 6. The summed E-state index contributed by atoms with van der Waals surface area (Å²) >= 11 is 0. The fraction of sp³-hybridized carbons (Fsp3) is 0.708. The quantitative estimate of drug-likeness (QED) is 0.619. The molecule has 1 amide bonds. The molecule has 9 heteroatoms. The highest BCUT2D eigenvalue weighted by atomic mass is 32.2. The highest BCUT2D eigenvalue weighted by molar-refractivity contribution is 7.86. The van der Waals surface area contributed by atoms with Crippen molar-refractivity contribution < 1.29 is 17.9 Å². The van der Waals surface area contributed by atoms with Crippen LogP contribution in [-0.2, 0) is 26.2 Å². The van der Waals surface area contributed by atoms with Crippen molar-refractivity contribution in [1.29, 1.82) is 0 Å². The highest BCUT2D eigenvalue weighted by Crippen LogP contribution is 2.22. The smallest absolute Gasteiger partial charge is 0.282 e. The maximum Gasteiger partial charge on any atom is 0.282 e. The molecule has 184 valence electrons. The van der Waals surface area contributed by atoms with Crippen LogP contribution < -0.4 is 0 Å². The van der Waals surface area contributed by atoms with Crippen LogP contribution >= 0.6 is 0 Å². The molecule has 0 saturated carbocycles. The Hall–Kier alpha value is -1.52. The first kappa shape index (κ1) is 24.6. The molecule has 0 unspecified atom stereocenters. The highest BCUT2D eigenvalue weighted by Gasteiger charge is 2.37. The van der Waals surface area contributed by atoms with Gasteiger partial charge in [0, 0.05) is 52.4 Å². The zero-order valence-corrected chi connectivity index (χ0v) is 20.8. The largest absolute Gasteiger partial charge is 0.373 e. The maximum absolute atomic E-state index is 13.1. The van der Waals surface area contributed by atoms with Gasteiger partial charge in [-0.15, -0.1) is 0 Å². The number of piperazine rings is 1. The lowest BCUT2D eigenvalue weighted by molar-refractivity contribution is -0.134. The molecule has 1 aromatic carbocycles. The first-order valence-electron chi connectivity index (χ1n) is 12.3. The molecule has 3 aliphatic heterocycles. The van der Waals surface area contributed by atoms with E-state index in [4.69, 9.17) is 4.74 Å². The summed E-state index contributed by atoms with van der Waals surface area (Å²) in [6.45, 7) is 8.65. The third-order valence-electron chi connectivity index (χ3n) is 7.06. The van der Waals surface area contributed by atoms with E-state index in [0.717, 1.165) is 32.4 Å². The van der Waals surface area contributed by atoms with Gasteiger partial charge in [0.15, 0.2) is 0 Å². The van der Waals surface area contributed by atoms with Crippen LogP contribution in [0, 0.1) is 5.92 Å². The van der Waals surface area contributed by atoms with Crippen molar-refractivity contribution in [2.45, 2.75) is 45.3 Å². The number of benzene rings is 1. The Morgan fingerprint density at radius 2 is 1.52 bits per heavy atom. The minimum Gasteiger partial charge on any atom is -0.373 e. The topological polar surface area (TPSA) is 73.4 Å². The number of likely N-dealkylation sites (tertiary alicyclic amines) is 1. The van der Waals surface area contributed by atoms with Gasteiger partial charge in [0.1, 0.15) is 0 Å². The Balaban J connectivity index is 1.20. The van der Waals surface area contributed by atoms with E-state index in [-0.39, 0.29) is 18.1 Å². The summed E-state index contributed by atoms with van der Waals surface area (Å²) in [5, 5.41) is 0. The average Bonchev–Trinajstić information content (AvgIpc) is 2.80. The molecule has 3 heterocycles. The molecule has 1 aromatic rings. The molecule has 0 radical (unpaired) electrons. The van der Waals surface area contributed by atoms with Crippen molar-refractivity contribution in [2.75, 3.05) is 58.9 Å². The molecule has 0 aromatic heterocycles. The normalized spacial score (nSPS) is 27.0. The summed E-state index contributed by atoms with van der Waals surface area (Å²) in [7, 11) is -3.49. The van der Waals surface area contributed by atoms with E-state index in [1.807, 2.05) is 24.8 Å². The van der Waals surface area contributed by atoms with Gasteiger partial charge in [-0.25, -0.2) is 0 Å². The minimum absolute atomic E-state index is 0.0979. The Morgan fingerprint density at radius 3 is 2.12 bits per heavy atom. The molecule has 0 spiro atoms. The number of hydrogen-bond acceptors (Lipinski definition) is 5. The average molecular weight is 479 g/mol. The fourth-order valence-corrected chi connectivity index (χ4v) is 6.97. The van der Waals surface area contributed by atoms with Gasteiger partial charge in [-0.05, 0) is 44.6 Å². The van der Waals surface area contributed by atoms with E-state index in [2.05, 4.69) is 29.2 Å². The zero-order valence-electron chi connectivity index (χ0n) is 19.9. The number of nitrogens with zero attached hydrogens (tertiary/aromatic N) is 4. The van der Waals surface area contributed by atoms with Gasteiger partial charge in [-0.3, -0.25) is 9.69 Å². The summed E-state index contributed by atoms with van der Waals surface area (Å²) in [5.41, 5.74) is 1.37. The molecular weight excluding hydrogens is 440 g/mol. The maximum atomic E-state index is 13.1. The molecule has 2 atom stereocenters. The van der Waals surface area contributed by atoms with Crippen LogP contribution in [0.4, 0.5) is 0 Å². The number of carbonyl (C=O) groups is 1. The lowest BCUT2D eigenvalue weighted by Crippen LogP contribution is -2.58. The second-order valence-electron chi connectivity index (χ2n) is 9.77. The van der Waals surface area contributed by atoms with Crippen molar-refractivity contribution in [2.24, 2.45) is 5.92 Å². The van der Waals surface area contributed by atoms with Crippen LogP contribution in [0.1, 0.15) is 32.3 Å². The van der Waals surface area contributed by atoms with Crippen LogP contribution in [0.15, 0.2) is 30.3 Å². The first-order chi connectivity index (χ1) is 15.8. The number of morpholine rings is 1. The van der Waals surface area contributed by atoms with E-state index >= 15 is 0 Å². The van der Waals surface area contributed by atoms with Gasteiger partial charge in [0.2, 0.25) is 5.91 Å². The Labute approximate surface area is 198 Å².